The lowest BCUT2D eigenvalue weighted by Crippen LogP contribution is -2.14. The smallest absolute Gasteiger partial charge is 0.416 e. The number of halogens is 4. The summed E-state index contributed by atoms with van der Waals surface area (Å²) in [5, 5.41) is 2.60. The maximum absolute atomic E-state index is 12.8. The summed E-state index contributed by atoms with van der Waals surface area (Å²) in [6.07, 6.45) is -4.49. The maximum atomic E-state index is 12.8. The normalized spacial score (nSPS) is 11.2. The highest BCUT2D eigenvalue weighted by Gasteiger charge is 2.30. The molecule has 0 atom stereocenters. The van der Waals surface area contributed by atoms with Crippen molar-refractivity contribution in [2.24, 2.45) is 0 Å². The molecule has 2 aromatic rings. The zero-order valence-corrected chi connectivity index (χ0v) is 14.9. The van der Waals surface area contributed by atoms with E-state index in [2.05, 4.69) is 5.32 Å². The van der Waals surface area contributed by atoms with Crippen LogP contribution in [-0.4, -0.2) is 19.1 Å². The molecule has 0 bridgehead atoms. The van der Waals surface area contributed by atoms with Gasteiger partial charge in [0, 0.05) is 11.3 Å². The summed E-state index contributed by atoms with van der Waals surface area (Å²) in [7, 11) is 0. The topological polar surface area (TPSA) is 47.6 Å². The van der Waals surface area contributed by atoms with Gasteiger partial charge in [0.15, 0.2) is 11.5 Å². The Morgan fingerprint density at radius 3 is 2.42 bits per heavy atom. The van der Waals surface area contributed by atoms with E-state index >= 15 is 0 Å². The van der Waals surface area contributed by atoms with E-state index in [1.54, 1.807) is 13.8 Å². The van der Waals surface area contributed by atoms with E-state index in [-0.39, 0.29) is 22.0 Å². The molecule has 2 rings (SSSR count). The molecule has 4 nitrogen and oxygen atoms in total. The molecule has 0 unspecified atom stereocenters. The van der Waals surface area contributed by atoms with Crippen molar-refractivity contribution < 1.29 is 27.4 Å². The summed E-state index contributed by atoms with van der Waals surface area (Å²) < 4.78 is 49.2. The first-order valence-electron chi connectivity index (χ1n) is 7.84. The Kier molecular flexibility index (Phi) is 6.37. The number of hydrogen-bond acceptors (Lipinski definition) is 3. The number of nitrogens with one attached hydrogen (secondary N) is 1. The van der Waals surface area contributed by atoms with Gasteiger partial charge in [-0.15, -0.1) is 0 Å². The van der Waals surface area contributed by atoms with Crippen LogP contribution in [0.3, 0.4) is 0 Å². The highest BCUT2D eigenvalue weighted by molar-refractivity contribution is 6.32. The van der Waals surface area contributed by atoms with Crippen LogP contribution in [0.25, 0.3) is 0 Å². The first-order valence-corrected chi connectivity index (χ1v) is 8.21. The van der Waals surface area contributed by atoms with E-state index in [4.69, 9.17) is 21.1 Å². The molecule has 1 amide bonds. The molecular formula is C18H17ClF3NO3. The standard InChI is InChI=1S/C18H17ClF3NO3/c1-3-25-15-9-11(8-14(19)16(15)26-4-2)17(24)23-13-7-5-6-12(10-13)18(20,21)22/h5-10H,3-4H2,1-2H3,(H,23,24). The molecule has 1 N–H and O–H groups in total. The first kappa shape index (κ1) is 19.9. The molecule has 0 radical (unpaired) electrons. The van der Waals surface area contributed by atoms with Gasteiger partial charge in [0.05, 0.1) is 23.8 Å². The Labute approximate surface area is 153 Å². The lowest BCUT2D eigenvalue weighted by atomic mass is 10.1. The second-order valence-electron chi connectivity index (χ2n) is 5.18. The van der Waals surface area contributed by atoms with Crippen LogP contribution in [0.5, 0.6) is 11.5 Å². The second-order valence-corrected chi connectivity index (χ2v) is 5.59. The van der Waals surface area contributed by atoms with Gasteiger partial charge in [-0.3, -0.25) is 4.79 Å². The number of carbonyl (C=O) groups excluding carboxylic acids is 1. The summed E-state index contributed by atoms with van der Waals surface area (Å²) in [4.78, 5) is 12.4. The fraction of sp³-hybridized carbons (Fsp3) is 0.278. The van der Waals surface area contributed by atoms with Crippen molar-refractivity contribution in [3.63, 3.8) is 0 Å². The van der Waals surface area contributed by atoms with Gasteiger partial charge in [0.2, 0.25) is 0 Å². The molecule has 0 aliphatic rings. The molecule has 0 aliphatic carbocycles. The molecule has 0 aliphatic heterocycles. The maximum Gasteiger partial charge on any atom is 0.416 e. The number of benzene rings is 2. The van der Waals surface area contributed by atoms with E-state index < -0.39 is 17.6 Å². The zero-order chi connectivity index (χ0) is 19.3. The van der Waals surface area contributed by atoms with Gasteiger partial charge in [0.25, 0.3) is 5.91 Å². The number of anilines is 1. The largest absolute Gasteiger partial charge is 0.490 e. The summed E-state index contributed by atoms with van der Waals surface area (Å²) >= 11 is 6.15. The number of rotatable bonds is 6. The molecular weight excluding hydrogens is 371 g/mol. The third kappa shape index (κ3) is 4.82. The van der Waals surface area contributed by atoms with Crippen LogP contribution in [0.2, 0.25) is 5.02 Å². The Hall–Kier alpha value is -2.41. The van der Waals surface area contributed by atoms with Crippen molar-refractivity contribution >= 4 is 23.2 Å². The SMILES string of the molecule is CCOc1cc(C(=O)Nc2cccc(C(F)(F)F)c2)cc(Cl)c1OCC. The van der Waals surface area contributed by atoms with Crippen molar-refractivity contribution in [2.75, 3.05) is 18.5 Å². The molecule has 140 valence electrons. The Morgan fingerprint density at radius 1 is 1.12 bits per heavy atom. The summed E-state index contributed by atoms with van der Waals surface area (Å²) in [5.41, 5.74) is -0.692. The Balaban J connectivity index is 2.30. The highest BCUT2D eigenvalue weighted by Crippen LogP contribution is 2.37. The minimum Gasteiger partial charge on any atom is -0.490 e. The van der Waals surface area contributed by atoms with E-state index in [0.717, 1.165) is 12.1 Å². The lowest BCUT2D eigenvalue weighted by molar-refractivity contribution is -0.137. The van der Waals surface area contributed by atoms with Gasteiger partial charge in [-0.1, -0.05) is 17.7 Å². The van der Waals surface area contributed by atoms with Crippen molar-refractivity contribution in [3.8, 4) is 11.5 Å². The van der Waals surface area contributed by atoms with Crippen LogP contribution < -0.4 is 14.8 Å². The predicted octanol–water partition coefficient (Wildman–Crippen LogP) is 5.41. The van der Waals surface area contributed by atoms with Gasteiger partial charge < -0.3 is 14.8 Å². The molecule has 2 aromatic carbocycles. The lowest BCUT2D eigenvalue weighted by Gasteiger charge is -2.14. The van der Waals surface area contributed by atoms with Crippen molar-refractivity contribution in [1.82, 2.24) is 0 Å². The van der Waals surface area contributed by atoms with E-state index in [1.165, 1.54) is 24.3 Å². The van der Waals surface area contributed by atoms with Gasteiger partial charge in [-0.2, -0.15) is 13.2 Å². The van der Waals surface area contributed by atoms with Gasteiger partial charge in [-0.25, -0.2) is 0 Å². The quantitative estimate of drug-likeness (QED) is 0.721. The monoisotopic (exact) mass is 387 g/mol. The Bertz CT molecular complexity index is 794. The van der Waals surface area contributed by atoms with Crippen LogP contribution in [0.15, 0.2) is 36.4 Å². The minimum absolute atomic E-state index is 0.0211. The van der Waals surface area contributed by atoms with Gasteiger partial charge in [-0.05, 0) is 44.2 Å². The molecule has 0 spiro atoms. The fourth-order valence-electron chi connectivity index (χ4n) is 2.22. The molecule has 0 saturated carbocycles. The third-order valence-corrected chi connectivity index (χ3v) is 3.59. The summed E-state index contributed by atoms with van der Waals surface area (Å²) in [6.45, 7) is 4.23. The van der Waals surface area contributed by atoms with Crippen molar-refractivity contribution in [2.45, 2.75) is 20.0 Å². The van der Waals surface area contributed by atoms with E-state index in [0.29, 0.717) is 19.0 Å². The first-order chi connectivity index (χ1) is 12.3. The number of alkyl halides is 3. The number of amides is 1. The van der Waals surface area contributed by atoms with Gasteiger partial charge >= 0.3 is 6.18 Å². The van der Waals surface area contributed by atoms with Crippen molar-refractivity contribution in [1.29, 1.82) is 0 Å². The molecule has 0 saturated heterocycles. The van der Waals surface area contributed by atoms with Gasteiger partial charge in [0.1, 0.15) is 0 Å². The second kappa shape index (κ2) is 8.31. The van der Waals surface area contributed by atoms with Crippen LogP contribution in [0.4, 0.5) is 18.9 Å². The third-order valence-electron chi connectivity index (χ3n) is 3.31. The highest BCUT2D eigenvalue weighted by atomic mass is 35.5. The van der Waals surface area contributed by atoms with Crippen LogP contribution in [0.1, 0.15) is 29.8 Å². The molecule has 8 heteroatoms. The summed E-state index contributed by atoms with van der Waals surface area (Å²) in [6, 6.07) is 7.18. The van der Waals surface area contributed by atoms with E-state index in [9.17, 15) is 18.0 Å². The average molecular weight is 388 g/mol. The van der Waals surface area contributed by atoms with E-state index in [1.807, 2.05) is 0 Å². The fourth-order valence-corrected chi connectivity index (χ4v) is 2.49. The summed E-state index contributed by atoms with van der Waals surface area (Å²) in [5.74, 6) is -0.0158. The minimum atomic E-state index is -4.49. The Morgan fingerprint density at radius 2 is 1.81 bits per heavy atom. The van der Waals surface area contributed by atoms with Crippen LogP contribution in [-0.2, 0) is 6.18 Å². The predicted molar refractivity (Wildman–Crippen MR) is 93.2 cm³/mol. The van der Waals surface area contributed by atoms with Crippen LogP contribution in [0, 0.1) is 0 Å². The number of ether oxygens (including phenoxy) is 2. The van der Waals surface area contributed by atoms with Crippen LogP contribution >= 0.6 is 11.6 Å². The number of hydrogen-bond donors (Lipinski definition) is 1. The zero-order valence-electron chi connectivity index (χ0n) is 14.1. The molecule has 0 heterocycles. The molecule has 0 aromatic heterocycles. The van der Waals surface area contributed by atoms with Crippen molar-refractivity contribution in [3.05, 3.63) is 52.5 Å². The number of carbonyl (C=O) groups is 1. The molecule has 0 fully saturated rings. The molecule has 26 heavy (non-hydrogen) atoms. The average Bonchev–Trinajstić information content (AvgIpc) is 2.57.